The number of halogens is 3. The first kappa shape index (κ1) is 26.7. The van der Waals surface area contributed by atoms with Crippen molar-refractivity contribution in [3.8, 4) is 5.19 Å². The Bertz CT molecular complexity index is 1010. The monoisotopic (exact) mass is 527 g/mol. The van der Waals surface area contributed by atoms with Gasteiger partial charge in [-0.05, 0) is 56.9 Å². The zero-order valence-corrected chi connectivity index (χ0v) is 21.2. The molecule has 12 heteroatoms. The molecule has 0 aromatic carbocycles. The first-order valence-corrected chi connectivity index (χ1v) is 13.3. The lowest BCUT2D eigenvalue weighted by Gasteiger charge is -2.28. The minimum absolute atomic E-state index is 0.0630. The number of ether oxygens (including phenoxy) is 1. The number of alkyl halides is 3. The van der Waals surface area contributed by atoms with Gasteiger partial charge >= 0.3 is 6.18 Å². The van der Waals surface area contributed by atoms with Crippen molar-refractivity contribution in [3.63, 3.8) is 0 Å². The summed E-state index contributed by atoms with van der Waals surface area (Å²) in [4.78, 5) is 28.2. The first-order valence-electron chi connectivity index (χ1n) is 12.5. The maximum atomic E-state index is 12.3. The standard InChI is InChI=1S/C24H32F3N5O3S/c1-16-29-21(31-35-16)14-22(33)28-15-18-4-2-17(3-5-18)6-10-32-11-7-19-20(8-12-32)36-23(30-19)34-13-9-24(25,26)27/h15,17-18H,2-14H2,1H3/b28-15+. The van der Waals surface area contributed by atoms with E-state index < -0.39 is 12.6 Å². The molecule has 8 nitrogen and oxygen atoms in total. The zero-order chi connectivity index (χ0) is 25.5. The van der Waals surface area contributed by atoms with E-state index in [0.717, 1.165) is 75.2 Å². The van der Waals surface area contributed by atoms with Crippen LogP contribution in [-0.4, -0.2) is 64.6 Å². The van der Waals surface area contributed by atoms with Crippen molar-refractivity contribution in [2.24, 2.45) is 16.8 Å². The van der Waals surface area contributed by atoms with E-state index in [9.17, 15) is 18.0 Å². The number of hydrogen-bond acceptors (Lipinski definition) is 8. The highest BCUT2D eigenvalue weighted by Crippen LogP contribution is 2.32. The quantitative estimate of drug-likeness (QED) is 0.440. The van der Waals surface area contributed by atoms with E-state index in [1.54, 1.807) is 13.1 Å². The smallest absolute Gasteiger partial charge is 0.392 e. The second-order valence-electron chi connectivity index (χ2n) is 9.55. The average molecular weight is 528 g/mol. The molecule has 4 rings (SSSR count). The van der Waals surface area contributed by atoms with Crippen LogP contribution in [0.3, 0.4) is 0 Å². The summed E-state index contributed by atoms with van der Waals surface area (Å²) in [6, 6.07) is 0. The van der Waals surface area contributed by atoms with Gasteiger partial charge in [0.2, 0.25) is 5.89 Å². The predicted molar refractivity (Wildman–Crippen MR) is 128 cm³/mol. The number of thiazole rings is 1. The molecule has 0 bridgehead atoms. The van der Waals surface area contributed by atoms with Gasteiger partial charge in [-0.15, -0.1) is 0 Å². The van der Waals surface area contributed by atoms with E-state index in [0.29, 0.717) is 28.7 Å². The van der Waals surface area contributed by atoms with Crippen molar-refractivity contribution in [2.75, 3.05) is 26.2 Å². The van der Waals surface area contributed by atoms with Crippen molar-refractivity contribution in [2.45, 2.75) is 70.9 Å². The normalized spacial score (nSPS) is 21.4. The summed E-state index contributed by atoms with van der Waals surface area (Å²) in [5.41, 5.74) is 0.966. The summed E-state index contributed by atoms with van der Waals surface area (Å²) in [6.07, 6.45) is 3.85. The molecule has 198 valence electrons. The predicted octanol–water partition coefficient (Wildman–Crippen LogP) is 4.60. The average Bonchev–Trinajstić information content (AvgIpc) is 3.36. The molecule has 2 aromatic heterocycles. The molecule has 0 unspecified atom stereocenters. The molecule has 0 N–H and O–H groups in total. The van der Waals surface area contributed by atoms with E-state index in [2.05, 4.69) is 25.0 Å². The molecule has 1 saturated carbocycles. The summed E-state index contributed by atoms with van der Waals surface area (Å²) in [6.45, 7) is 4.18. The third-order valence-corrected chi connectivity index (χ3v) is 7.81. The molecule has 36 heavy (non-hydrogen) atoms. The molecular weight excluding hydrogens is 495 g/mol. The zero-order valence-electron chi connectivity index (χ0n) is 20.4. The second kappa shape index (κ2) is 12.3. The van der Waals surface area contributed by atoms with E-state index in [4.69, 9.17) is 9.26 Å². The number of aliphatic imine (C=N–C) groups is 1. The van der Waals surface area contributed by atoms with E-state index >= 15 is 0 Å². The van der Waals surface area contributed by atoms with Crippen LogP contribution in [0.4, 0.5) is 13.2 Å². The van der Waals surface area contributed by atoms with Gasteiger partial charge in [0, 0.05) is 37.5 Å². The third-order valence-electron chi connectivity index (χ3n) is 6.74. The van der Waals surface area contributed by atoms with Crippen LogP contribution >= 0.6 is 11.3 Å². The largest absolute Gasteiger partial charge is 0.470 e. The van der Waals surface area contributed by atoms with E-state index in [1.807, 2.05) is 0 Å². The minimum Gasteiger partial charge on any atom is -0.470 e. The van der Waals surface area contributed by atoms with Gasteiger partial charge in [0.25, 0.3) is 11.1 Å². The topological polar surface area (TPSA) is 93.7 Å². The Kier molecular flexibility index (Phi) is 9.10. The number of hydrogen-bond donors (Lipinski definition) is 0. The molecule has 2 aromatic rings. The molecule has 1 aliphatic carbocycles. The third kappa shape index (κ3) is 8.36. The fourth-order valence-electron chi connectivity index (χ4n) is 4.70. The Labute approximate surface area is 212 Å². The summed E-state index contributed by atoms with van der Waals surface area (Å²) < 4.78 is 47.0. The molecule has 0 spiro atoms. The Morgan fingerprint density at radius 3 is 2.72 bits per heavy atom. The molecule has 0 saturated heterocycles. The van der Waals surface area contributed by atoms with Crippen molar-refractivity contribution >= 4 is 23.5 Å². The number of fused-ring (bicyclic) bond motifs is 1. The molecule has 1 aliphatic heterocycles. The highest BCUT2D eigenvalue weighted by Gasteiger charge is 2.27. The number of aryl methyl sites for hydroxylation is 1. The second-order valence-corrected chi connectivity index (χ2v) is 10.6. The molecule has 2 aliphatic rings. The molecule has 0 atom stereocenters. The highest BCUT2D eigenvalue weighted by molar-refractivity contribution is 7.13. The highest BCUT2D eigenvalue weighted by atomic mass is 32.1. The minimum atomic E-state index is -4.21. The van der Waals surface area contributed by atoms with Crippen LogP contribution in [0.1, 0.15) is 60.8 Å². The number of aromatic nitrogens is 3. The maximum absolute atomic E-state index is 12.3. The van der Waals surface area contributed by atoms with Crippen LogP contribution in [0.2, 0.25) is 0 Å². The van der Waals surface area contributed by atoms with Crippen molar-refractivity contribution < 1.29 is 27.2 Å². The SMILES string of the molecule is Cc1nc(CC(=O)/N=C/C2CCC(CCN3CCc4nc(OCCC(F)(F)F)sc4CC3)CC2)no1. The van der Waals surface area contributed by atoms with Crippen molar-refractivity contribution in [3.05, 3.63) is 22.3 Å². The first-order chi connectivity index (χ1) is 17.2. The number of rotatable bonds is 9. The van der Waals surface area contributed by atoms with E-state index in [1.165, 1.54) is 11.3 Å². The summed E-state index contributed by atoms with van der Waals surface area (Å²) in [5.74, 6) is 1.58. The van der Waals surface area contributed by atoms with Gasteiger partial charge in [0.15, 0.2) is 5.82 Å². The fraction of sp³-hybridized carbons (Fsp3) is 0.708. The summed E-state index contributed by atoms with van der Waals surface area (Å²) in [5, 5.41) is 4.08. The Morgan fingerprint density at radius 2 is 2.00 bits per heavy atom. The van der Waals surface area contributed by atoms with Crippen molar-refractivity contribution in [1.29, 1.82) is 0 Å². The van der Waals surface area contributed by atoms with Gasteiger partial charge in [-0.3, -0.25) is 4.79 Å². The molecule has 1 fully saturated rings. The molecular formula is C24H32F3N5O3S. The lowest BCUT2D eigenvalue weighted by molar-refractivity contribution is -0.139. The number of nitrogens with zero attached hydrogens (tertiary/aromatic N) is 5. The van der Waals surface area contributed by atoms with Gasteiger partial charge in [-0.1, -0.05) is 16.5 Å². The van der Waals surface area contributed by atoms with Crippen LogP contribution in [0.25, 0.3) is 0 Å². The van der Waals surface area contributed by atoms with E-state index in [-0.39, 0.29) is 18.9 Å². The molecule has 3 heterocycles. The Balaban J connectivity index is 1.12. The van der Waals surface area contributed by atoms with Gasteiger partial charge in [-0.2, -0.15) is 18.2 Å². The molecule has 0 radical (unpaired) electrons. The van der Waals surface area contributed by atoms with Crippen LogP contribution < -0.4 is 4.74 Å². The number of carbonyl (C=O) groups excluding carboxylic acids is 1. The van der Waals surface area contributed by atoms with Gasteiger partial charge < -0.3 is 14.2 Å². The van der Waals surface area contributed by atoms with Gasteiger partial charge in [0.05, 0.1) is 25.1 Å². The Hall–Kier alpha value is -2.34. The van der Waals surface area contributed by atoms with Gasteiger partial charge in [0.1, 0.15) is 0 Å². The van der Waals surface area contributed by atoms with Crippen LogP contribution in [0.15, 0.2) is 9.52 Å². The number of carbonyl (C=O) groups is 1. The summed E-state index contributed by atoms with van der Waals surface area (Å²) in [7, 11) is 0. The Morgan fingerprint density at radius 1 is 1.22 bits per heavy atom. The lowest BCUT2D eigenvalue weighted by Crippen LogP contribution is -2.29. The fourth-order valence-corrected chi connectivity index (χ4v) is 5.67. The molecule has 1 amide bonds. The lowest BCUT2D eigenvalue weighted by atomic mass is 9.81. The van der Waals surface area contributed by atoms with Crippen LogP contribution in [0.5, 0.6) is 5.19 Å². The number of amides is 1. The maximum Gasteiger partial charge on any atom is 0.392 e. The van der Waals surface area contributed by atoms with Crippen molar-refractivity contribution in [1.82, 2.24) is 20.0 Å². The van der Waals surface area contributed by atoms with Crippen LogP contribution in [0, 0.1) is 18.8 Å². The van der Waals surface area contributed by atoms with Gasteiger partial charge in [-0.25, -0.2) is 9.98 Å². The van der Waals surface area contributed by atoms with Crippen LogP contribution in [-0.2, 0) is 24.1 Å². The summed E-state index contributed by atoms with van der Waals surface area (Å²) >= 11 is 1.38.